The number of nitro groups is 1. The molecule has 0 bridgehead atoms. The first-order valence-corrected chi connectivity index (χ1v) is 7.67. The van der Waals surface area contributed by atoms with Crippen LogP contribution in [-0.4, -0.2) is 30.1 Å². The Morgan fingerprint density at radius 1 is 1.40 bits per heavy atom. The minimum atomic E-state index is -1.18. The molecule has 128 valence electrons. The molecule has 3 aromatic rings. The van der Waals surface area contributed by atoms with E-state index in [9.17, 15) is 24.5 Å². The summed E-state index contributed by atoms with van der Waals surface area (Å²) in [6.45, 7) is -0.134. The van der Waals surface area contributed by atoms with Gasteiger partial charge in [0.25, 0.3) is 5.56 Å². The van der Waals surface area contributed by atoms with Gasteiger partial charge in [-0.05, 0) is 22.0 Å². The number of thiophene rings is 1. The summed E-state index contributed by atoms with van der Waals surface area (Å²) in [5.74, 6) is -1.53. The van der Waals surface area contributed by atoms with E-state index < -0.39 is 22.1 Å². The molecule has 3 heterocycles. The van der Waals surface area contributed by atoms with Crippen LogP contribution in [0.2, 0.25) is 0 Å². The van der Waals surface area contributed by atoms with Gasteiger partial charge in [0.15, 0.2) is 0 Å². The van der Waals surface area contributed by atoms with E-state index in [1.54, 1.807) is 0 Å². The number of carboxylic acids is 1. The lowest BCUT2D eigenvalue weighted by molar-refractivity contribution is -0.389. The van der Waals surface area contributed by atoms with Gasteiger partial charge in [0.1, 0.15) is 15.9 Å². The Hall–Kier alpha value is -3.34. The van der Waals surface area contributed by atoms with E-state index in [0.29, 0.717) is 5.56 Å². The van der Waals surface area contributed by atoms with Crippen molar-refractivity contribution >= 4 is 33.3 Å². The second kappa shape index (κ2) is 5.94. The number of hydrogen-bond donors (Lipinski definition) is 1. The molecular weight excluding hydrogens is 352 g/mol. The molecule has 1 N–H and O–H groups in total. The van der Waals surface area contributed by atoms with Crippen molar-refractivity contribution in [1.29, 1.82) is 0 Å². The largest absolute Gasteiger partial charge is 0.477 e. The summed E-state index contributed by atoms with van der Waals surface area (Å²) < 4.78 is 2.14. The third kappa shape index (κ3) is 2.80. The first-order chi connectivity index (χ1) is 11.8. The van der Waals surface area contributed by atoms with Gasteiger partial charge in [-0.15, -0.1) is 11.3 Å². The molecule has 25 heavy (non-hydrogen) atoms. The summed E-state index contributed by atoms with van der Waals surface area (Å²) in [5, 5.41) is 19.8. The van der Waals surface area contributed by atoms with Gasteiger partial charge in [-0.25, -0.2) is 9.59 Å². The van der Waals surface area contributed by atoms with Crippen LogP contribution in [0.1, 0.15) is 15.2 Å². The van der Waals surface area contributed by atoms with Gasteiger partial charge >= 0.3 is 17.5 Å². The van der Waals surface area contributed by atoms with E-state index in [4.69, 9.17) is 5.11 Å². The summed E-state index contributed by atoms with van der Waals surface area (Å²) in [5.41, 5.74) is -0.812. The first kappa shape index (κ1) is 16.5. The van der Waals surface area contributed by atoms with Crippen molar-refractivity contribution in [3.63, 3.8) is 0 Å². The molecule has 0 aliphatic heterocycles. The molecule has 3 rings (SSSR count). The molecule has 0 saturated heterocycles. The van der Waals surface area contributed by atoms with Gasteiger partial charge in [-0.1, -0.05) is 0 Å². The predicted molar refractivity (Wildman–Crippen MR) is 88.3 cm³/mol. The van der Waals surface area contributed by atoms with Crippen molar-refractivity contribution in [2.45, 2.75) is 6.54 Å². The number of aryl methyl sites for hydroxylation is 1. The SMILES string of the molecule is Cn1c(=O)n(Cc2ccc([N+](=O)[O-])nc2)c(=O)c2cc(C(=O)O)sc21. The summed E-state index contributed by atoms with van der Waals surface area (Å²) >= 11 is 0.843. The van der Waals surface area contributed by atoms with Gasteiger partial charge in [-0.3, -0.25) is 13.9 Å². The number of aromatic carboxylic acids is 1. The lowest BCUT2D eigenvalue weighted by Crippen LogP contribution is -2.38. The Labute approximate surface area is 142 Å². The molecule has 0 saturated carbocycles. The zero-order valence-corrected chi connectivity index (χ0v) is 13.5. The third-order valence-electron chi connectivity index (χ3n) is 3.56. The molecular formula is C14H10N4O6S. The van der Waals surface area contributed by atoms with Crippen molar-refractivity contribution in [3.05, 3.63) is 65.8 Å². The third-order valence-corrected chi connectivity index (χ3v) is 4.76. The number of nitrogens with zero attached hydrogens (tertiary/aromatic N) is 4. The van der Waals surface area contributed by atoms with Crippen molar-refractivity contribution in [2.24, 2.45) is 7.05 Å². The van der Waals surface area contributed by atoms with Gasteiger partial charge in [0.2, 0.25) is 0 Å². The summed E-state index contributed by atoms with van der Waals surface area (Å²) in [6.07, 6.45) is 1.21. The summed E-state index contributed by atoms with van der Waals surface area (Å²) in [4.78, 5) is 49.9. The maximum Gasteiger partial charge on any atom is 0.363 e. The fourth-order valence-corrected chi connectivity index (χ4v) is 3.27. The highest BCUT2D eigenvalue weighted by atomic mass is 32.1. The zero-order chi connectivity index (χ0) is 18.3. The molecule has 0 aromatic carbocycles. The molecule has 0 amide bonds. The molecule has 0 spiro atoms. The normalized spacial score (nSPS) is 10.9. The topological polar surface area (TPSA) is 137 Å². The fourth-order valence-electron chi connectivity index (χ4n) is 2.33. The van der Waals surface area contributed by atoms with E-state index in [1.807, 2.05) is 0 Å². The summed E-state index contributed by atoms with van der Waals surface area (Å²) in [7, 11) is 1.44. The first-order valence-electron chi connectivity index (χ1n) is 6.85. The van der Waals surface area contributed by atoms with Crippen LogP contribution in [0.4, 0.5) is 5.82 Å². The fraction of sp³-hybridized carbons (Fsp3) is 0.143. The molecule has 0 aliphatic carbocycles. The Balaban J connectivity index is 2.13. The van der Waals surface area contributed by atoms with E-state index in [-0.39, 0.29) is 27.5 Å². The highest BCUT2D eigenvalue weighted by molar-refractivity contribution is 7.20. The van der Waals surface area contributed by atoms with Crippen molar-refractivity contribution in [1.82, 2.24) is 14.1 Å². The monoisotopic (exact) mass is 362 g/mol. The smallest absolute Gasteiger partial charge is 0.363 e. The molecule has 10 nitrogen and oxygen atoms in total. The zero-order valence-electron chi connectivity index (χ0n) is 12.7. The number of rotatable bonds is 4. The quantitative estimate of drug-likeness (QED) is 0.535. The molecule has 0 atom stereocenters. The van der Waals surface area contributed by atoms with Crippen LogP contribution >= 0.6 is 11.3 Å². The number of hydrogen-bond acceptors (Lipinski definition) is 7. The van der Waals surface area contributed by atoms with Gasteiger partial charge in [0, 0.05) is 18.7 Å². The van der Waals surface area contributed by atoms with Crippen molar-refractivity contribution in [3.8, 4) is 0 Å². The maximum absolute atomic E-state index is 12.6. The second-order valence-corrected chi connectivity index (χ2v) is 6.18. The van der Waals surface area contributed by atoms with Crippen molar-refractivity contribution in [2.75, 3.05) is 0 Å². The molecule has 0 fully saturated rings. The number of carboxylic acid groups (broad SMARTS) is 1. The predicted octanol–water partition coefficient (Wildman–Crippen LogP) is 0.811. The van der Waals surface area contributed by atoms with Crippen LogP contribution in [0.15, 0.2) is 34.0 Å². The highest BCUT2D eigenvalue weighted by Crippen LogP contribution is 2.21. The second-order valence-electron chi connectivity index (χ2n) is 5.15. The van der Waals surface area contributed by atoms with Crippen LogP contribution in [-0.2, 0) is 13.6 Å². The Morgan fingerprint density at radius 3 is 2.68 bits per heavy atom. The van der Waals surface area contributed by atoms with E-state index in [0.717, 1.165) is 15.9 Å². The number of fused-ring (bicyclic) bond motifs is 1. The van der Waals surface area contributed by atoms with E-state index in [1.165, 1.54) is 36.0 Å². The maximum atomic E-state index is 12.6. The molecule has 0 unspecified atom stereocenters. The molecule has 0 aliphatic rings. The van der Waals surface area contributed by atoms with Crippen LogP contribution < -0.4 is 11.2 Å². The Kier molecular flexibility index (Phi) is 3.93. The van der Waals surface area contributed by atoms with Crippen LogP contribution in [0, 0.1) is 10.1 Å². The Bertz CT molecular complexity index is 1130. The highest BCUT2D eigenvalue weighted by Gasteiger charge is 2.18. The molecule has 3 aromatic heterocycles. The number of carbonyl (C=O) groups is 1. The Morgan fingerprint density at radius 2 is 2.12 bits per heavy atom. The van der Waals surface area contributed by atoms with E-state index >= 15 is 0 Å². The van der Waals surface area contributed by atoms with Crippen LogP contribution in [0.5, 0.6) is 0 Å². The average Bonchev–Trinajstić information content (AvgIpc) is 3.03. The average molecular weight is 362 g/mol. The summed E-state index contributed by atoms with van der Waals surface area (Å²) in [6, 6.07) is 3.81. The minimum absolute atomic E-state index is 0.0446. The lowest BCUT2D eigenvalue weighted by atomic mass is 10.2. The van der Waals surface area contributed by atoms with Crippen LogP contribution in [0.3, 0.4) is 0 Å². The van der Waals surface area contributed by atoms with Gasteiger partial charge < -0.3 is 15.2 Å². The minimum Gasteiger partial charge on any atom is -0.477 e. The van der Waals surface area contributed by atoms with Crippen LogP contribution in [0.25, 0.3) is 10.2 Å². The number of pyridine rings is 1. The van der Waals surface area contributed by atoms with Gasteiger partial charge in [-0.2, -0.15) is 0 Å². The standard InChI is InChI=1S/C14H10N4O6S/c1-16-12-8(4-9(25-12)13(20)21)11(19)17(14(16)22)6-7-2-3-10(15-5-7)18(23)24/h2-5H,6H2,1H3,(H,20,21). The van der Waals surface area contributed by atoms with Crippen molar-refractivity contribution < 1.29 is 14.8 Å². The van der Waals surface area contributed by atoms with Gasteiger partial charge in [0.05, 0.1) is 11.9 Å². The van der Waals surface area contributed by atoms with E-state index in [2.05, 4.69) is 4.98 Å². The molecule has 11 heteroatoms. The number of aromatic nitrogens is 3. The molecule has 0 radical (unpaired) electrons. The lowest BCUT2D eigenvalue weighted by Gasteiger charge is -2.07.